The molecule has 4 nitrogen and oxygen atoms in total. The van der Waals surface area contributed by atoms with Crippen LogP contribution in [-0.2, 0) is 19.6 Å². The maximum Gasteiger partial charge on any atom is 0.273 e. The molecule has 2 heterocycles. The molecule has 0 atom stereocenters. The van der Waals surface area contributed by atoms with E-state index in [1.807, 2.05) is 16.3 Å². The summed E-state index contributed by atoms with van der Waals surface area (Å²) >= 11 is 1.44. The Hall–Kier alpha value is -2.64. The molecule has 3 aromatic rings. The van der Waals surface area contributed by atoms with E-state index in [2.05, 4.69) is 16.8 Å². The van der Waals surface area contributed by atoms with Crippen LogP contribution in [0.5, 0.6) is 0 Å². The van der Waals surface area contributed by atoms with Gasteiger partial charge in [-0.2, -0.15) is 0 Å². The quantitative estimate of drug-likeness (QED) is 0.472. The second kappa shape index (κ2) is 10.3. The molecule has 0 N–H and O–H groups in total. The summed E-state index contributed by atoms with van der Waals surface area (Å²) in [5.74, 6) is 0.0950. The van der Waals surface area contributed by atoms with E-state index in [1.54, 1.807) is 24.3 Å². The molecule has 2 aromatic carbocycles. The Bertz CT molecular complexity index is 1050. The molecular weight excluding hydrogens is 428 g/mol. The van der Waals surface area contributed by atoms with Crippen LogP contribution < -0.4 is 0 Å². The van der Waals surface area contributed by atoms with Gasteiger partial charge in [-0.05, 0) is 42.5 Å². The molecule has 1 aliphatic heterocycles. The number of rotatable bonds is 7. The van der Waals surface area contributed by atoms with Crippen LogP contribution >= 0.6 is 11.3 Å². The number of halogens is 2. The Balaban J connectivity index is 1.48. The van der Waals surface area contributed by atoms with Crippen molar-refractivity contribution in [2.24, 2.45) is 5.92 Å². The fraction of sp³-hybridized carbons (Fsp3) is 0.360. The van der Waals surface area contributed by atoms with Crippen LogP contribution in [0.4, 0.5) is 8.78 Å². The summed E-state index contributed by atoms with van der Waals surface area (Å²) in [5, 5.41) is 2.62. The number of piperidine rings is 1. The minimum Gasteiger partial charge on any atom is -0.337 e. The third-order valence-corrected chi connectivity index (χ3v) is 6.71. The van der Waals surface area contributed by atoms with E-state index in [4.69, 9.17) is 0 Å². The van der Waals surface area contributed by atoms with E-state index in [0.717, 1.165) is 36.5 Å². The Labute approximate surface area is 191 Å². The molecular formula is C25H27F2N3OS. The zero-order valence-corrected chi connectivity index (χ0v) is 19.0. The predicted octanol–water partition coefficient (Wildman–Crippen LogP) is 5.50. The molecule has 1 fully saturated rings. The highest BCUT2D eigenvalue weighted by molar-refractivity contribution is 7.09. The number of hydrogen-bond donors (Lipinski definition) is 0. The van der Waals surface area contributed by atoms with Gasteiger partial charge in [-0.3, -0.25) is 9.69 Å². The zero-order chi connectivity index (χ0) is 22.5. The lowest BCUT2D eigenvalue weighted by atomic mass is 9.99. The van der Waals surface area contributed by atoms with E-state index in [-0.39, 0.29) is 17.5 Å². The average Bonchev–Trinajstić information content (AvgIpc) is 3.25. The monoisotopic (exact) mass is 455 g/mol. The van der Waals surface area contributed by atoms with Gasteiger partial charge in [-0.15, -0.1) is 11.3 Å². The third kappa shape index (κ3) is 5.78. The first-order chi connectivity index (χ1) is 15.5. The molecule has 0 aliphatic carbocycles. The van der Waals surface area contributed by atoms with Crippen molar-refractivity contribution in [2.45, 2.75) is 39.4 Å². The maximum atomic E-state index is 14.3. The van der Waals surface area contributed by atoms with Crippen LogP contribution in [0.2, 0.25) is 0 Å². The highest BCUT2D eigenvalue weighted by Gasteiger charge is 2.23. The summed E-state index contributed by atoms with van der Waals surface area (Å²) < 4.78 is 27.6. The van der Waals surface area contributed by atoms with E-state index in [0.29, 0.717) is 36.8 Å². The zero-order valence-electron chi connectivity index (χ0n) is 18.1. The number of thiazole rings is 1. The van der Waals surface area contributed by atoms with Gasteiger partial charge in [0.05, 0.1) is 6.54 Å². The van der Waals surface area contributed by atoms with Gasteiger partial charge in [0.25, 0.3) is 5.91 Å². The van der Waals surface area contributed by atoms with E-state index in [1.165, 1.54) is 29.5 Å². The van der Waals surface area contributed by atoms with E-state index in [9.17, 15) is 13.6 Å². The first-order valence-electron chi connectivity index (χ1n) is 10.9. The van der Waals surface area contributed by atoms with Gasteiger partial charge in [0.2, 0.25) is 0 Å². The molecule has 0 radical (unpaired) electrons. The molecule has 168 valence electrons. The molecule has 1 aromatic heterocycles. The summed E-state index contributed by atoms with van der Waals surface area (Å²) in [6.45, 7) is 5.14. The van der Waals surface area contributed by atoms with Crippen molar-refractivity contribution in [3.8, 4) is 0 Å². The van der Waals surface area contributed by atoms with Gasteiger partial charge >= 0.3 is 0 Å². The number of nitrogens with zero attached hydrogens (tertiary/aromatic N) is 3. The van der Waals surface area contributed by atoms with Gasteiger partial charge < -0.3 is 4.90 Å². The Morgan fingerprint density at radius 2 is 1.78 bits per heavy atom. The molecule has 0 spiro atoms. The van der Waals surface area contributed by atoms with Crippen molar-refractivity contribution in [2.75, 3.05) is 13.1 Å². The maximum absolute atomic E-state index is 14.3. The Kier molecular flexibility index (Phi) is 7.27. The lowest BCUT2D eigenvalue weighted by molar-refractivity contribution is 0.0691. The second-order valence-corrected chi connectivity index (χ2v) is 9.41. The number of aromatic nitrogens is 1. The Morgan fingerprint density at radius 1 is 1.06 bits per heavy atom. The summed E-state index contributed by atoms with van der Waals surface area (Å²) in [6.07, 6.45) is 2.05. The molecule has 0 unspecified atom stereocenters. The number of hydrogen-bond acceptors (Lipinski definition) is 4. The van der Waals surface area contributed by atoms with Gasteiger partial charge in [-0.1, -0.05) is 37.3 Å². The smallest absolute Gasteiger partial charge is 0.273 e. The van der Waals surface area contributed by atoms with E-state index < -0.39 is 0 Å². The molecule has 1 saturated heterocycles. The van der Waals surface area contributed by atoms with Crippen molar-refractivity contribution >= 4 is 17.2 Å². The normalized spacial score (nSPS) is 14.8. The van der Waals surface area contributed by atoms with Crippen LogP contribution in [0.1, 0.15) is 46.4 Å². The average molecular weight is 456 g/mol. The topological polar surface area (TPSA) is 36.4 Å². The van der Waals surface area contributed by atoms with Crippen LogP contribution in [0.3, 0.4) is 0 Å². The summed E-state index contributed by atoms with van der Waals surface area (Å²) in [7, 11) is 0. The van der Waals surface area contributed by atoms with Crippen molar-refractivity contribution in [1.29, 1.82) is 0 Å². The van der Waals surface area contributed by atoms with Crippen LogP contribution in [0.25, 0.3) is 0 Å². The fourth-order valence-corrected chi connectivity index (χ4v) is 4.74. The standard InChI is InChI=1S/C25H27F2N3OS/c1-18-10-12-30(13-11-18)25(31)23-17-32-24(28-23)16-29(14-19-6-8-21(26)9-7-19)15-20-4-2-3-5-22(20)27/h2-9,17-18H,10-16H2,1H3. The first kappa shape index (κ1) is 22.6. The van der Waals surface area contributed by atoms with Gasteiger partial charge in [0, 0.05) is 37.1 Å². The van der Waals surface area contributed by atoms with Crippen molar-refractivity contribution < 1.29 is 13.6 Å². The lowest BCUT2D eigenvalue weighted by Gasteiger charge is -2.29. The first-order valence-corrected chi connectivity index (χ1v) is 11.8. The third-order valence-electron chi connectivity index (χ3n) is 5.87. The number of amides is 1. The minimum absolute atomic E-state index is 0.0152. The molecule has 4 rings (SSSR count). The molecule has 1 amide bonds. The highest BCUT2D eigenvalue weighted by Crippen LogP contribution is 2.22. The van der Waals surface area contributed by atoms with Crippen LogP contribution in [0.15, 0.2) is 53.9 Å². The minimum atomic E-state index is -0.287. The predicted molar refractivity (Wildman–Crippen MR) is 122 cm³/mol. The van der Waals surface area contributed by atoms with Crippen LogP contribution in [-0.4, -0.2) is 33.8 Å². The number of benzene rings is 2. The van der Waals surface area contributed by atoms with Crippen LogP contribution in [0, 0.1) is 17.6 Å². The van der Waals surface area contributed by atoms with Gasteiger partial charge in [-0.25, -0.2) is 13.8 Å². The highest BCUT2D eigenvalue weighted by atomic mass is 32.1. The molecule has 0 saturated carbocycles. The summed E-state index contributed by atoms with van der Waals surface area (Å²) in [5.41, 5.74) is 2.00. The number of likely N-dealkylation sites (tertiary alicyclic amines) is 1. The summed E-state index contributed by atoms with van der Waals surface area (Å²) in [4.78, 5) is 21.4. The summed E-state index contributed by atoms with van der Waals surface area (Å²) in [6, 6.07) is 13.0. The molecule has 1 aliphatic rings. The van der Waals surface area contributed by atoms with Crippen molar-refractivity contribution in [3.63, 3.8) is 0 Å². The van der Waals surface area contributed by atoms with Gasteiger partial charge in [0.15, 0.2) is 0 Å². The fourth-order valence-electron chi connectivity index (χ4n) is 3.93. The lowest BCUT2D eigenvalue weighted by Crippen LogP contribution is -2.38. The molecule has 0 bridgehead atoms. The second-order valence-electron chi connectivity index (χ2n) is 8.46. The van der Waals surface area contributed by atoms with Crippen molar-refractivity contribution in [1.82, 2.24) is 14.8 Å². The molecule has 32 heavy (non-hydrogen) atoms. The largest absolute Gasteiger partial charge is 0.337 e. The number of carbonyl (C=O) groups excluding carboxylic acids is 1. The van der Waals surface area contributed by atoms with Gasteiger partial charge in [0.1, 0.15) is 22.3 Å². The van der Waals surface area contributed by atoms with E-state index >= 15 is 0 Å². The molecule has 7 heteroatoms. The SMILES string of the molecule is CC1CCN(C(=O)c2csc(CN(Cc3ccc(F)cc3)Cc3ccccc3F)n2)CC1. The van der Waals surface area contributed by atoms with Crippen molar-refractivity contribution in [3.05, 3.63) is 87.4 Å². The Morgan fingerprint density at radius 3 is 2.50 bits per heavy atom. The number of carbonyl (C=O) groups is 1.